The van der Waals surface area contributed by atoms with E-state index < -0.39 is 11.2 Å². The Morgan fingerprint density at radius 3 is 2.44 bits per heavy atom. The van der Waals surface area contributed by atoms with E-state index in [1.54, 1.807) is 24.3 Å². The van der Waals surface area contributed by atoms with Gasteiger partial charge in [0.25, 0.3) is 0 Å². The van der Waals surface area contributed by atoms with Crippen LogP contribution in [0.5, 0.6) is 0 Å². The van der Waals surface area contributed by atoms with Crippen molar-refractivity contribution in [3.63, 3.8) is 0 Å². The lowest BCUT2D eigenvalue weighted by Crippen LogP contribution is -2.31. The van der Waals surface area contributed by atoms with Crippen LogP contribution in [0.15, 0.2) is 59.6 Å². The monoisotopic (exact) mass is 517 g/mol. The van der Waals surface area contributed by atoms with Gasteiger partial charge in [0.2, 0.25) is 11.8 Å². The van der Waals surface area contributed by atoms with Crippen LogP contribution in [0.3, 0.4) is 0 Å². The fourth-order valence-corrected chi connectivity index (χ4v) is 5.41. The number of thioether (sulfide) groups is 1. The Bertz CT molecular complexity index is 1410. The van der Waals surface area contributed by atoms with Crippen molar-refractivity contribution in [3.05, 3.63) is 76.4 Å². The second-order valence-electron chi connectivity index (χ2n) is 8.58. The number of esters is 1. The Morgan fingerprint density at radius 1 is 1.14 bits per heavy atom. The molecule has 1 saturated carbocycles. The molecule has 36 heavy (non-hydrogen) atoms. The number of hydrogen-bond acceptors (Lipinski definition) is 7. The molecule has 5 rings (SSSR count). The molecule has 0 bridgehead atoms. The summed E-state index contributed by atoms with van der Waals surface area (Å²) in [5.74, 6) is -0.908. The number of aromatic nitrogens is 1. The van der Waals surface area contributed by atoms with Crippen molar-refractivity contribution in [1.29, 1.82) is 5.26 Å². The van der Waals surface area contributed by atoms with E-state index in [2.05, 4.69) is 6.07 Å². The van der Waals surface area contributed by atoms with Crippen molar-refractivity contribution >= 4 is 46.8 Å². The molecule has 2 aliphatic rings. The number of amides is 2. The number of carbonyl (C=O) groups is 3. The number of pyridine rings is 1. The Kier molecular flexibility index (Phi) is 6.52. The van der Waals surface area contributed by atoms with Gasteiger partial charge in [-0.1, -0.05) is 35.5 Å². The molecule has 9 heteroatoms. The van der Waals surface area contributed by atoms with Crippen LogP contribution in [-0.4, -0.2) is 35.1 Å². The number of ether oxygens (including phenoxy) is 1. The van der Waals surface area contributed by atoms with E-state index in [1.807, 2.05) is 18.2 Å². The average Bonchev–Trinajstić information content (AvgIpc) is 3.70. The molecule has 7 nitrogen and oxygen atoms in total. The quantitative estimate of drug-likeness (QED) is 0.320. The first-order chi connectivity index (χ1) is 17.4. The van der Waals surface area contributed by atoms with Gasteiger partial charge in [-0.05, 0) is 60.9 Å². The van der Waals surface area contributed by atoms with Gasteiger partial charge < -0.3 is 4.74 Å². The summed E-state index contributed by atoms with van der Waals surface area (Å²) in [5.41, 5.74) is 3.52. The number of benzene rings is 2. The minimum atomic E-state index is -0.718. The molecule has 2 fully saturated rings. The smallest absolute Gasteiger partial charge is 0.337 e. The van der Waals surface area contributed by atoms with Crippen LogP contribution in [0.2, 0.25) is 5.02 Å². The molecule has 1 aliphatic carbocycles. The number of anilines is 1. The number of halogens is 1. The zero-order valence-corrected chi connectivity index (χ0v) is 20.8. The van der Waals surface area contributed by atoms with Gasteiger partial charge in [-0.25, -0.2) is 14.7 Å². The predicted octanol–water partition coefficient (Wildman–Crippen LogP) is 5.36. The minimum absolute atomic E-state index is 0.0151. The molecule has 0 spiro atoms. The standard InChI is InChI=1S/C27H20ClN3O4S/c1-35-27(34)17-6-10-19(11-7-17)31-24(32)13-23(26(31)33)36-25-21(14-29)20(12-22(30-25)16-2-3-16)15-4-8-18(28)9-5-15/h4-12,16,23H,2-3,13H2,1H3/t23-/m0/s1. The third kappa shape index (κ3) is 4.60. The molecule has 1 saturated heterocycles. The zero-order valence-electron chi connectivity index (χ0n) is 19.2. The maximum atomic E-state index is 13.3. The van der Waals surface area contributed by atoms with E-state index in [1.165, 1.54) is 19.2 Å². The first kappa shape index (κ1) is 24.0. The van der Waals surface area contributed by atoms with Crippen LogP contribution in [0, 0.1) is 11.3 Å². The lowest BCUT2D eigenvalue weighted by Gasteiger charge is -2.16. The van der Waals surface area contributed by atoms with Crippen LogP contribution in [0.4, 0.5) is 5.69 Å². The summed E-state index contributed by atoms with van der Waals surface area (Å²) in [6.45, 7) is 0. The summed E-state index contributed by atoms with van der Waals surface area (Å²) in [6, 6.07) is 17.6. The molecule has 2 amide bonds. The fourth-order valence-electron chi connectivity index (χ4n) is 4.15. The molecule has 1 atom stereocenters. The number of nitriles is 1. The van der Waals surface area contributed by atoms with Crippen molar-refractivity contribution in [3.8, 4) is 17.2 Å². The maximum Gasteiger partial charge on any atom is 0.337 e. The molecule has 0 unspecified atom stereocenters. The van der Waals surface area contributed by atoms with Crippen molar-refractivity contribution in [2.45, 2.75) is 35.5 Å². The van der Waals surface area contributed by atoms with Gasteiger partial charge in [0.1, 0.15) is 11.1 Å². The van der Waals surface area contributed by atoms with E-state index >= 15 is 0 Å². The second-order valence-corrected chi connectivity index (χ2v) is 10.2. The van der Waals surface area contributed by atoms with Crippen LogP contribution in [0.25, 0.3) is 11.1 Å². The van der Waals surface area contributed by atoms with E-state index in [-0.39, 0.29) is 18.2 Å². The van der Waals surface area contributed by atoms with Crippen molar-refractivity contribution in [1.82, 2.24) is 4.98 Å². The lowest BCUT2D eigenvalue weighted by molar-refractivity contribution is -0.121. The Morgan fingerprint density at radius 2 is 1.83 bits per heavy atom. The van der Waals surface area contributed by atoms with E-state index in [0.717, 1.165) is 46.3 Å². The van der Waals surface area contributed by atoms with Crippen molar-refractivity contribution in [2.24, 2.45) is 0 Å². The molecule has 2 aromatic carbocycles. The maximum absolute atomic E-state index is 13.3. The first-order valence-corrected chi connectivity index (χ1v) is 12.6. The highest BCUT2D eigenvalue weighted by Gasteiger charge is 2.41. The van der Waals surface area contributed by atoms with Gasteiger partial charge in [0.15, 0.2) is 0 Å². The van der Waals surface area contributed by atoms with Gasteiger partial charge in [-0.15, -0.1) is 0 Å². The normalized spacial score (nSPS) is 17.2. The molecule has 1 aromatic heterocycles. The number of nitrogens with zero attached hydrogens (tertiary/aromatic N) is 3. The molecule has 3 aromatic rings. The molecular formula is C27H20ClN3O4S. The molecule has 180 valence electrons. The Hall–Kier alpha value is -3.67. The predicted molar refractivity (Wildman–Crippen MR) is 136 cm³/mol. The van der Waals surface area contributed by atoms with Crippen molar-refractivity contribution in [2.75, 3.05) is 12.0 Å². The Labute approximate surface area is 217 Å². The SMILES string of the molecule is COC(=O)c1ccc(N2C(=O)C[C@H](Sc3nc(C4CC4)cc(-c4ccc(Cl)cc4)c3C#N)C2=O)cc1. The number of methoxy groups -OCH3 is 1. The van der Waals surface area contributed by atoms with Gasteiger partial charge in [-0.2, -0.15) is 5.26 Å². The number of carbonyl (C=O) groups excluding carboxylic acids is 3. The van der Waals surface area contributed by atoms with Gasteiger partial charge >= 0.3 is 5.97 Å². The fraction of sp³-hybridized carbons (Fsp3) is 0.222. The van der Waals surface area contributed by atoms with Gasteiger partial charge in [0, 0.05) is 28.6 Å². The van der Waals surface area contributed by atoms with Crippen LogP contribution < -0.4 is 4.90 Å². The largest absolute Gasteiger partial charge is 0.465 e. The third-order valence-electron chi connectivity index (χ3n) is 6.17. The second kappa shape index (κ2) is 9.76. The summed E-state index contributed by atoms with van der Waals surface area (Å²) >= 11 is 7.21. The summed E-state index contributed by atoms with van der Waals surface area (Å²) in [7, 11) is 1.28. The highest BCUT2D eigenvalue weighted by Crippen LogP contribution is 2.44. The number of rotatable bonds is 6. The molecule has 0 radical (unpaired) electrons. The van der Waals surface area contributed by atoms with Gasteiger partial charge in [0.05, 0.1) is 29.2 Å². The molecule has 0 N–H and O–H groups in total. The average molecular weight is 518 g/mol. The summed E-state index contributed by atoms with van der Waals surface area (Å²) in [5, 5.41) is 10.4. The van der Waals surface area contributed by atoms with Crippen LogP contribution >= 0.6 is 23.4 Å². The van der Waals surface area contributed by atoms with Gasteiger partial charge in [-0.3, -0.25) is 9.59 Å². The topological polar surface area (TPSA) is 100 Å². The van der Waals surface area contributed by atoms with Crippen molar-refractivity contribution < 1.29 is 19.1 Å². The molecule has 1 aliphatic heterocycles. The lowest BCUT2D eigenvalue weighted by atomic mass is 10.0. The number of imide groups is 1. The van der Waals surface area contributed by atoms with E-state index in [0.29, 0.717) is 32.8 Å². The number of hydrogen-bond donors (Lipinski definition) is 0. The first-order valence-electron chi connectivity index (χ1n) is 11.3. The highest BCUT2D eigenvalue weighted by atomic mass is 35.5. The molecular weight excluding hydrogens is 498 g/mol. The van der Waals surface area contributed by atoms with Crippen LogP contribution in [0.1, 0.15) is 46.8 Å². The van der Waals surface area contributed by atoms with E-state index in [9.17, 15) is 19.6 Å². The van der Waals surface area contributed by atoms with Crippen LogP contribution in [-0.2, 0) is 14.3 Å². The highest BCUT2D eigenvalue weighted by molar-refractivity contribution is 8.00. The Balaban J connectivity index is 1.46. The summed E-state index contributed by atoms with van der Waals surface area (Å²) < 4.78 is 4.70. The zero-order chi connectivity index (χ0) is 25.4. The third-order valence-corrected chi connectivity index (χ3v) is 7.60. The minimum Gasteiger partial charge on any atom is -0.465 e. The summed E-state index contributed by atoms with van der Waals surface area (Å²) in [6.07, 6.45) is 2.04. The summed E-state index contributed by atoms with van der Waals surface area (Å²) in [4.78, 5) is 43.7. The van der Waals surface area contributed by atoms with E-state index in [4.69, 9.17) is 21.3 Å². The molecule has 2 heterocycles.